The number of aryl methyl sites for hydroxylation is 1. The Labute approximate surface area is 105 Å². The van der Waals surface area contributed by atoms with E-state index < -0.39 is 0 Å². The van der Waals surface area contributed by atoms with Crippen LogP contribution in [-0.4, -0.2) is 20.8 Å². The standard InChI is InChI=1S/C12H16N4S/c1-9(13)7-10-5-3-4-6-11(10)17-12-14-8-15-16(12)2/h3-6,8-9H,7,13H2,1-2H3. The third-order valence-electron chi connectivity index (χ3n) is 2.39. The number of hydrogen-bond acceptors (Lipinski definition) is 4. The molecule has 0 saturated heterocycles. The van der Waals surface area contributed by atoms with Crippen LogP contribution in [0.25, 0.3) is 0 Å². The van der Waals surface area contributed by atoms with Crippen molar-refractivity contribution in [1.29, 1.82) is 0 Å². The Balaban J connectivity index is 2.23. The average Bonchev–Trinajstić information content (AvgIpc) is 2.67. The predicted octanol–water partition coefficient (Wildman–Crippen LogP) is 1.86. The number of aromatic nitrogens is 3. The Bertz CT molecular complexity index is 493. The number of rotatable bonds is 4. The maximum atomic E-state index is 5.85. The Morgan fingerprint density at radius 3 is 2.82 bits per heavy atom. The van der Waals surface area contributed by atoms with E-state index in [2.05, 4.69) is 22.2 Å². The van der Waals surface area contributed by atoms with Crippen molar-refractivity contribution < 1.29 is 0 Å². The molecule has 1 atom stereocenters. The van der Waals surface area contributed by atoms with Crippen LogP contribution in [0, 0.1) is 0 Å². The van der Waals surface area contributed by atoms with E-state index in [0.717, 1.165) is 11.6 Å². The molecule has 90 valence electrons. The van der Waals surface area contributed by atoms with Gasteiger partial charge in [-0.1, -0.05) is 18.2 Å². The van der Waals surface area contributed by atoms with E-state index in [1.54, 1.807) is 22.8 Å². The molecule has 0 aliphatic carbocycles. The molecule has 0 aliphatic heterocycles. The second-order valence-electron chi connectivity index (χ2n) is 4.06. The van der Waals surface area contributed by atoms with Crippen LogP contribution >= 0.6 is 11.8 Å². The maximum Gasteiger partial charge on any atom is 0.190 e. The molecule has 4 nitrogen and oxygen atoms in total. The van der Waals surface area contributed by atoms with Crippen molar-refractivity contribution in [3.63, 3.8) is 0 Å². The minimum atomic E-state index is 0.163. The van der Waals surface area contributed by atoms with Gasteiger partial charge in [0.25, 0.3) is 0 Å². The fourth-order valence-corrected chi connectivity index (χ4v) is 2.50. The SMILES string of the molecule is CC(N)Cc1ccccc1Sc1ncnn1C. The minimum absolute atomic E-state index is 0.163. The summed E-state index contributed by atoms with van der Waals surface area (Å²) in [5.74, 6) is 0. The number of benzene rings is 1. The van der Waals surface area contributed by atoms with Gasteiger partial charge in [0.2, 0.25) is 0 Å². The Morgan fingerprint density at radius 1 is 1.41 bits per heavy atom. The summed E-state index contributed by atoms with van der Waals surface area (Å²) in [6.45, 7) is 2.02. The first kappa shape index (κ1) is 12.1. The molecule has 0 spiro atoms. The van der Waals surface area contributed by atoms with Gasteiger partial charge in [-0.25, -0.2) is 9.67 Å². The summed E-state index contributed by atoms with van der Waals surface area (Å²) in [5.41, 5.74) is 7.11. The van der Waals surface area contributed by atoms with Crippen LogP contribution < -0.4 is 5.73 Å². The van der Waals surface area contributed by atoms with Crippen LogP contribution in [0.15, 0.2) is 40.6 Å². The zero-order valence-electron chi connectivity index (χ0n) is 10.00. The van der Waals surface area contributed by atoms with Gasteiger partial charge >= 0.3 is 0 Å². The number of nitrogens with zero attached hydrogens (tertiary/aromatic N) is 3. The summed E-state index contributed by atoms with van der Waals surface area (Å²) in [5, 5.41) is 4.95. The summed E-state index contributed by atoms with van der Waals surface area (Å²) >= 11 is 1.62. The summed E-state index contributed by atoms with van der Waals surface area (Å²) in [4.78, 5) is 5.41. The second-order valence-corrected chi connectivity index (χ2v) is 5.07. The lowest BCUT2D eigenvalue weighted by atomic mass is 10.1. The second kappa shape index (κ2) is 5.33. The first-order valence-electron chi connectivity index (χ1n) is 5.52. The molecule has 1 aromatic carbocycles. The largest absolute Gasteiger partial charge is 0.328 e. The van der Waals surface area contributed by atoms with Crippen molar-refractivity contribution >= 4 is 11.8 Å². The van der Waals surface area contributed by atoms with E-state index in [9.17, 15) is 0 Å². The van der Waals surface area contributed by atoms with Gasteiger partial charge in [0.15, 0.2) is 5.16 Å². The third kappa shape index (κ3) is 3.08. The molecule has 2 rings (SSSR count). The van der Waals surface area contributed by atoms with Crippen molar-refractivity contribution in [2.45, 2.75) is 29.4 Å². The molecule has 0 radical (unpaired) electrons. The summed E-state index contributed by atoms with van der Waals surface area (Å²) in [6, 6.07) is 8.44. The minimum Gasteiger partial charge on any atom is -0.328 e. The zero-order valence-corrected chi connectivity index (χ0v) is 10.8. The van der Waals surface area contributed by atoms with Gasteiger partial charge in [-0.05, 0) is 36.7 Å². The quantitative estimate of drug-likeness (QED) is 0.897. The molecular formula is C12H16N4S. The van der Waals surface area contributed by atoms with Crippen LogP contribution in [0.1, 0.15) is 12.5 Å². The molecule has 1 unspecified atom stereocenters. The van der Waals surface area contributed by atoms with Crippen molar-refractivity contribution in [2.75, 3.05) is 0 Å². The van der Waals surface area contributed by atoms with E-state index >= 15 is 0 Å². The van der Waals surface area contributed by atoms with E-state index in [0.29, 0.717) is 0 Å². The van der Waals surface area contributed by atoms with E-state index in [-0.39, 0.29) is 6.04 Å². The molecule has 2 N–H and O–H groups in total. The van der Waals surface area contributed by atoms with Gasteiger partial charge in [-0.3, -0.25) is 0 Å². The highest BCUT2D eigenvalue weighted by Crippen LogP contribution is 2.28. The van der Waals surface area contributed by atoms with Gasteiger partial charge in [0.05, 0.1) is 0 Å². The molecule has 0 fully saturated rings. The monoisotopic (exact) mass is 248 g/mol. The maximum absolute atomic E-state index is 5.85. The highest BCUT2D eigenvalue weighted by atomic mass is 32.2. The molecule has 5 heteroatoms. The lowest BCUT2D eigenvalue weighted by molar-refractivity contribution is 0.684. The highest BCUT2D eigenvalue weighted by Gasteiger charge is 2.08. The summed E-state index contributed by atoms with van der Waals surface area (Å²) in [6.07, 6.45) is 2.44. The van der Waals surface area contributed by atoms with Crippen LogP contribution in [0.4, 0.5) is 0 Å². The topological polar surface area (TPSA) is 56.7 Å². The Hall–Kier alpha value is -1.33. The van der Waals surface area contributed by atoms with E-state index in [1.807, 2.05) is 26.1 Å². The van der Waals surface area contributed by atoms with Crippen LogP contribution in [0.2, 0.25) is 0 Å². The molecular weight excluding hydrogens is 232 g/mol. The van der Waals surface area contributed by atoms with Crippen molar-refractivity contribution in [3.05, 3.63) is 36.2 Å². The molecule has 1 aromatic heterocycles. The van der Waals surface area contributed by atoms with Gasteiger partial charge < -0.3 is 5.73 Å². The zero-order chi connectivity index (χ0) is 12.3. The lowest BCUT2D eigenvalue weighted by Gasteiger charge is -2.10. The average molecular weight is 248 g/mol. The first-order chi connectivity index (χ1) is 8.16. The predicted molar refractivity (Wildman–Crippen MR) is 68.9 cm³/mol. The molecule has 0 saturated carbocycles. The first-order valence-corrected chi connectivity index (χ1v) is 6.34. The Kier molecular flexibility index (Phi) is 3.81. The van der Waals surface area contributed by atoms with Crippen LogP contribution in [0.3, 0.4) is 0 Å². The van der Waals surface area contributed by atoms with E-state index in [4.69, 9.17) is 5.73 Å². The summed E-state index contributed by atoms with van der Waals surface area (Å²) in [7, 11) is 1.89. The fraction of sp³-hybridized carbons (Fsp3) is 0.333. The Morgan fingerprint density at radius 2 is 2.18 bits per heavy atom. The molecule has 0 amide bonds. The molecule has 0 bridgehead atoms. The normalized spacial score (nSPS) is 12.6. The van der Waals surface area contributed by atoms with Gasteiger partial charge in [0, 0.05) is 18.0 Å². The highest BCUT2D eigenvalue weighted by molar-refractivity contribution is 7.99. The van der Waals surface area contributed by atoms with Crippen molar-refractivity contribution in [1.82, 2.24) is 14.8 Å². The van der Waals surface area contributed by atoms with Crippen LogP contribution in [0.5, 0.6) is 0 Å². The van der Waals surface area contributed by atoms with Crippen LogP contribution in [-0.2, 0) is 13.5 Å². The van der Waals surface area contributed by atoms with Gasteiger partial charge in [0.1, 0.15) is 6.33 Å². The smallest absolute Gasteiger partial charge is 0.190 e. The molecule has 1 heterocycles. The molecule has 2 aromatic rings. The molecule has 17 heavy (non-hydrogen) atoms. The fourth-order valence-electron chi connectivity index (χ4n) is 1.60. The molecule has 0 aliphatic rings. The van der Waals surface area contributed by atoms with E-state index in [1.165, 1.54) is 10.5 Å². The van der Waals surface area contributed by atoms with Crippen molar-refractivity contribution in [3.8, 4) is 0 Å². The summed E-state index contributed by atoms with van der Waals surface area (Å²) < 4.78 is 1.77. The number of nitrogens with two attached hydrogens (primary N) is 1. The number of hydrogen-bond donors (Lipinski definition) is 1. The third-order valence-corrected chi connectivity index (χ3v) is 3.56. The lowest BCUT2D eigenvalue weighted by Crippen LogP contribution is -2.18. The van der Waals surface area contributed by atoms with Crippen molar-refractivity contribution in [2.24, 2.45) is 12.8 Å². The van der Waals surface area contributed by atoms with Gasteiger partial charge in [-0.15, -0.1) is 0 Å². The van der Waals surface area contributed by atoms with Gasteiger partial charge in [-0.2, -0.15) is 5.10 Å².